The molecular weight excluding hydrogens is 282 g/mol. The lowest BCUT2D eigenvalue weighted by molar-refractivity contribution is -0.123. The quantitative estimate of drug-likeness (QED) is 0.544. The van der Waals surface area contributed by atoms with Crippen LogP contribution in [0.2, 0.25) is 0 Å². The third-order valence-electron chi connectivity index (χ3n) is 2.36. The summed E-state index contributed by atoms with van der Waals surface area (Å²) in [7, 11) is -3.23. The molecule has 0 saturated carbocycles. The molecule has 1 rings (SSSR count). The number of nitrogens with one attached hydrogen (secondary N) is 2. The standard InChI is InChI=1S/C12H19N3O4S/c1-20(17,18)15-7-6-14-12(16)9-19-11-5-3-2-4-10(11)8-13/h2-5,15H,6-9,13H2,1H3,(H,14,16). The summed E-state index contributed by atoms with van der Waals surface area (Å²) in [6.07, 6.45) is 1.06. The van der Waals surface area contributed by atoms with Gasteiger partial charge in [0, 0.05) is 25.2 Å². The summed E-state index contributed by atoms with van der Waals surface area (Å²) < 4.78 is 29.2. The number of carbonyl (C=O) groups is 1. The van der Waals surface area contributed by atoms with Crippen LogP contribution >= 0.6 is 0 Å². The third-order valence-corrected chi connectivity index (χ3v) is 3.09. The molecule has 1 aromatic rings. The first-order chi connectivity index (χ1) is 9.42. The highest BCUT2D eigenvalue weighted by atomic mass is 32.2. The smallest absolute Gasteiger partial charge is 0.257 e. The second-order valence-electron chi connectivity index (χ2n) is 4.12. The van der Waals surface area contributed by atoms with Gasteiger partial charge >= 0.3 is 0 Å². The van der Waals surface area contributed by atoms with Gasteiger partial charge in [0.25, 0.3) is 5.91 Å². The fourth-order valence-electron chi connectivity index (χ4n) is 1.45. The second kappa shape index (κ2) is 7.83. The normalized spacial score (nSPS) is 11.1. The van der Waals surface area contributed by atoms with Gasteiger partial charge in [-0.05, 0) is 6.07 Å². The van der Waals surface area contributed by atoms with Crippen molar-refractivity contribution in [2.24, 2.45) is 5.73 Å². The van der Waals surface area contributed by atoms with Gasteiger partial charge in [0.15, 0.2) is 6.61 Å². The maximum Gasteiger partial charge on any atom is 0.257 e. The molecule has 0 saturated heterocycles. The average Bonchev–Trinajstić information content (AvgIpc) is 2.40. The Bertz CT molecular complexity index is 545. The van der Waals surface area contributed by atoms with Crippen molar-refractivity contribution >= 4 is 15.9 Å². The minimum absolute atomic E-state index is 0.143. The number of hydrogen-bond donors (Lipinski definition) is 3. The van der Waals surface area contributed by atoms with E-state index in [0.29, 0.717) is 12.3 Å². The fraction of sp³-hybridized carbons (Fsp3) is 0.417. The Morgan fingerprint density at radius 3 is 2.65 bits per heavy atom. The first kappa shape index (κ1) is 16.4. The van der Waals surface area contributed by atoms with E-state index in [1.165, 1.54) is 0 Å². The first-order valence-electron chi connectivity index (χ1n) is 6.04. The van der Waals surface area contributed by atoms with Crippen LogP contribution in [0.5, 0.6) is 5.75 Å². The van der Waals surface area contributed by atoms with Crippen LogP contribution in [-0.2, 0) is 21.4 Å². The van der Waals surface area contributed by atoms with Crippen LogP contribution in [0, 0.1) is 0 Å². The van der Waals surface area contributed by atoms with E-state index in [0.717, 1.165) is 11.8 Å². The Morgan fingerprint density at radius 2 is 2.00 bits per heavy atom. The number of para-hydroxylation sites is 1. The number of benzene rings is 1. The van der Waals surface area contributed by atoms with Gasteiger partial charge in [-0.2, -0.15) is 0 Å². The topological polar surface area (TPSA) is 111 Å². The summed E-state index contributed by atoms with van der Waals surface area (Å²) in [5, 5.41) is 2.54. The Hall–Kier alpha value is -1.64. The number of carbonyl (C=O) groups excluding carboxylic acids is 1. The molecule has 0 aliphatic heterocycles. The second-order valence-corrected chi connectivity index (χ2v) is 5.95. The molecule has 0 fully saturated rings. The molecule has 0 spiro atoms. The number of amides is 1. The van der Waals surface area contributed by atoms with Gasteiger partial charge < -0.3 is 15.8 Å². The Labute approximate surface area is 118 Å². The predicted octanol–water partition coefficient (Wildman–Crippen LogP) is -0.810. The molecule has 0 bridgehead atoms. The molecule has 0 aliphatic carbocycles. The van der Waals surface area contributed by atoms with Crippen molar-refractivity contribution in [3.05, 3.63) is 29.8 Å². The lowest BCUT2D eigenvalue weighted by Crippen LogP contribution is -2.36. The van der Waals surface area contributed by atoms with Crippen LogP contribution in [0.3, 0.4) is 0 Å². The Balaban J connectivity index is 2.29. The number of sulfonamides is 1. The van der Waals surface area contributed by atoms with E-state index in [1.54, 1.807) is 12.1 Å². The van der Waals surface area contributed by atoms with Gasteiger partial charge in [0.05, 0.1) is 6.26 Å². The van der Waals surface area contributed by atoms with E-state index >= 15 is 0 Å². The molecule has 0 aromatic heterocycles. The summed E-state index contributed by atoms with van der Waals surface area (Å²) >= 11 is 0. The number of ether oxygens (including phenoxy) is 1. The van der Waals surface area contributed by atoms with Crippen LogP contribution in [-0.4, -0.2) is 40.3 Å². The number of rotatable bonds is 8. The van der Waals surface area contributed by atoms with E-state index < -0.39 is 10.0 Å². The van der Waals surface area contributed by atoms with Gasteiger partial charge in [-0.1, -0.05) is 18.2 Å². The van der Waals surface area contributed by atoms with Crippen LogP contribution in [0.15, 0.2) is 24.3 Å². The SMILES string of the molecule is CS(=O)(=O)NCCNC(=O)COc1ccccc1CN. The summed E-state index contributed by atoms with van der Waals surface area (Å²) in [5.41, 5.74) is 6.37. The lowest BCUT2D eigenvalue weighted by Gasteiger charge is -2.10. The van der Waals surface area contributed by atoms with E-state index in [9.17, 15) is 13.2 Å². The minimum Gasteiger partial charge on any atom is -0.483 e. The molecule has 112 valence electrons. The van der Waals surface area contributed by atoms with Crippen molar-refractivity contribution in [1.82, 2.24) is 10.0 Å². The largest absolute Gasteiger partial charge is 0.483 e. The lowest BCUT2D eigenvalue weighted by atomic mass is 10.2. The molecule has 7 nitrogen and oxygen atoms in total. The van der Waals surface area contributed by atoms with Gasteiger partial charge in [-0.3, -0.25) is 4.79 Å². The highest BCUT2D eigenvalue weighted by Crippen LogP contribution is 2.16. The number of nitrogens with two attached hydrogens (primary N) is 1. The van der Waals surface area contributed by atoms with Crippen molar-refractivity contribution < 1.29 is 17.9 Å². The maximum atomic E-state index is 11.5. The fourth-order valence-corrected chi connectivity index (χ4v) is 1.92. The summed E-state index contributed by atoms with van der Waals surface area (Å²) in [6.45, 7) is 0.531. The zero-order chi connectivity index (χ0) is 15.0. The highest BCUT2D eigenvalue weighted by Gasteiger charge is 2.06. The van der Waals surface area contributed by atoms with Crippen LogP contribution < -0.4 is 20.5 Å². The molecular formula is C12H19N3O4S. The predicted molar refractivity (Wildman–Crippen MR) is 75.7 cm³/mol. The van der Waals surface area contributed by atoms with Crippen molar-refractivity contribution in [3.63, 3.8) is 0 Å². The first-order valence-corrected chi connectivity index (χ1v) is 7.93. The van der Waals surface area contributed by atoms with Crippen LogP contribution in [0.1, 0.15) is 5.56 Å². The third kappa shape index (κ3) is 6.50. The molecule has 0 atom stereocenters. The van der Waals surface area contributed by atoms with Crippen molar-refractivity contribution in [2.75, 3.05) is 26.0 Å². The summed E-state index contributed by atoms with van der Waals surface area (Å²) in [6, 6.07) is 7.19. The molecule has 8 heteroatoms. The van der Waals surface area contributed by atoms with Crippen molar-refractivity contribution in [2.45, 2.75) is 6.54 Å². The van der Waals surface area contributed by atoms with Crippen LogP contribution in [0.25, 0.3) is 0 Å². The van der Waals surface area contributed by atoms with E-state index in [1.807, 2.05) is 12.1 Å². The molecule has 0 aliphatic rings. The summed E-state index contributed by atoms with van der Waals surface area (Å²) in [4.78, 5) is 11.5. The van der Waals surface area contributed by atoms with Crippen molar-refractivity contribution in [3.8, 4) is 5.75 Å². The average molecular weight is 301 g/mol. The van der Waals surface area contributed by atoms with Gasteiger partial charge in [0.1, 0.15) is 5.75 Å². The van der Waals surface area contributed by atoms with E-state index in [2.05, 4.69) is 10.0 Å². The van der Waals surface area contributed by atoms with Crippen LogP contribution in [0.4, 0.5) is 0 Å². The Morgan fingerprint density at radius 1 is 1.30 bits per heavy atom. The minimum atomic E-state index is -3.23. The highest BCUT2D eigenvalue weighted by molar-refractivity contribution is 7.88. The van der Waals surface area contributed by atoms with E-state index in [4.69, 9.17) is 10.5 Å². The zero-order valence-electron chi connectivity index (χ0n) is 11.3. The number of hydrogen-bond acceptors (Lipinski definition) is 5. The molecule has 0 heterocycles. The molecule has 4 N–H and O–H groups in total. The zero-order valence-corrected chi connectivity index (χ0v) is 12.1. The van der Waals surface area contributed by atoms with Crippen molar-refractivity contribution in [1.29, 1.82) is 0 Å². The van der Waals surface area contributed by atoms with Gasteiger partial charge in [-0.25, -0.2) is 13.1 Å². The maximum absolute atomic E-state index is 11.5. The van der Waals surface area contributed by atoms with Gasteiger partial charge in [-0.15, -0.1) is 0 Å². The molecule has 1 aromatic carbocycles. The van der Waals surface area contributed by atoms with E-state index in [-0.39, 0.29) is 25.6 Å². The molecule has 1 amide bonds. The Kier molecular flexibility index (Phi) is 6.43. The molecule has 0 radical (unpaired) electrons. The molecule has 0 unspecified atom stereocenters. The monoisotopic (exact) mass is 301 g/mol. The van der Waals surface area contributed by atoms with Gasteiger partial charge in [0.2, 0.25) is 10.0 Å². The molecule has 20 heavy (non-hydrogen) atoms. The summed E-state index contributed by atoms with van der Waals surface area (Å²) in [5.74, 6) is 0.242.